The van der Waals surface area contributed by atoms with Crippen LogP contribution in [0.1, 0.15) is 18.9 Å². The third-order valence-corrected chi connectivity index (χ3v) is 1.97. The topological polar surface area (TPSA) is 48.0 Å². The Labute approximate surface area is 72.8 Å². The maximum atomic E-state index is 8.88. The molecule has 0 saturated carbocycles. The molecule has 0 aliphatic carbocycles. The van der Waals surface area contributed by atoms with Gasteiger partial charge < -0.3 is 15.4 Å². The summed E-state index contributed by atoms with van der Waals surface area (Å²) in [6.45, 7) is 3.09. The van der Waals surface area contributed by atoms with E-state index in [0.717, 1.165) is 13.0 Å². The second-order valence-electron chi connectivity index (χ2n) is 2.89. The molecule has 1 atom stereocenters. The number of aromatic amines is 1. The number of rotatable bonds is 5. The molecule has 1 aromatic heterocycles. The van der Waals surface area contributed by atoms with Gasteiger partial charge in [0, 0.05) is 25.0 Å². The fourth-order valence-corrected chi connectivity index (χ4v) is 1.07. The summed E-state index contributed by atoms with van der Waals surface area (Å²) in [5.41, 5.74) is 1.22. The molecule has 12 heavy (non-hydrogen) atoms. The highest BCUT2D eigenvalue weighted by molar-refractivity contribution is 5.07. The van der Waals surface area contributed by atoms with Crippen molar-refractivity contribution < 1.29 is 5.11 Å². The monoisotopic (exact) mass is 168 g/mol. The quantitative estimate of drug-likeness (QED) is 0.611. The van der Waals surface area contributed by atoms with Gasteiger partial charge in [0.2, 0.25) is 0 Å². The van der Waals surface area contributed by atoms with E-state index in [4.69, 9.17) is 5.11 Å². The van der Waals surface area contributed by atoms with Crippen molar-refractivity contribution in [1.82, 2.24) is 10.3 Å². The van der Waals surface area contributed by atoms with Crippen LogP contribution in [0.5, 0.6) is 0 Å². The molecular formula is C9H16N2O. The summed E-state index contributed by atoms with van der Waals surface area (Å²) in [6.07, 6.45) is 4.81. The van der Waals surface area contributed by atoms with Crippen molar-refractivity contribution in [2.45, 2.75) is 25.9 Å². The SMILES string of the molecule is CC[C@H](CO)NCc1cc[nH]c1. The first-order valence-electron chi connectivity index (χ1n) is 4.32. The number of hydrogen-bond donors (Lipinski definition) is 3. The average Bonchev–Trinajstić information content (AvgIpc) is 2.59. The van der Waals surface area contributed by atoms with E-state index in [1.807, 2.05) is 18.5 Å². The van der Waals surface area contributed by atoms with Crippen LogP contribution < -0.4 is 5.32 Å². The molecule has 3 nitrogen and oxygen atoms in total. The molecule has 3 heteroatoms. The van der Waals surface area contributed by atoms with E-state index in [0.29, 0.717) is 0 Å². The number of nitrogens with one attached hydrogen (secondary N) is 2. The first-order valence-corrected chi connectivity index (χ1v) is 4.32. The van der Waals surface area contributed by atoms with Crippen LogP contribution in [0.25, 0.3) is 0 Å². The van der Waals surface area contributed by atoms with Crippen LogP contribution in [-0.4, -0.2) is 22.7 Å². The number of H-pyrrole nitrogens is 1. The Morgan fingerprint density at radius 2 is 2.50 bits per heavy atom. The van der Waals surface area contributed by atoms with Gasteiger partial charge in [-0.15, -0.1) is 0 Å². The highest BCUT2D eigenvalue weighted by Gasteiger charge is 2.02. The van der Waals surface area contributed by atoms with E-state index >= 15 is 0 Å². The van der Waals surface area contributed by atoms with Crippen molar-refractivity contribution in [2.75, 3.05) is 6.61 Å². The zero-order valence-corrected chi connectivity index (χ0v) is 7.38. The lowest BCUT2D eigenvalue weighted by Gasteiger charge is -2.12. The van der Waals surface area contributed by atoms with Crippen molar-refractivity contribution in [1.29, 1.82) is 0 Å². The van der Waals surface area contributed by atoms with E-state index in [9.17, 15) is 0 Å². The summed E-state index contributed by atoms with van der Waals surface area (Å²) in [6, 6.07) is 2.25. The van der Waals surface area contributed by atoms with Crippen LogP contribution in [-0.2, 0) is 6.54 Å². The standard InChI is InChI=1S/C9H16N2O/c1-2-9(7-12)11-6-8-3-4-10-5-8/h3-5,9-12H,2,6-7H2,1H3/t9-/m1/s1. The molecular weight excluding hydrogens is 152 g/mol. The average molecular weight is 168 g/mol. The van der Waals surface area contributed by atoms with Gasteiger partial charge in [-0.1, -0.05) is 6.92 Å². The van der Waals surface area contributed by atoms with Crippen molar-refractivity contribution in [2.24, 2.45) is 0 Å². The minimum atomic E-state index is 0.209. The minimum absolute atomic E-state index is 0.209. The van der Waals surface area contributed by atoms with Gasteiger partial charge in [-0.3, -0.25) is 0 Å². The van der Waals surface area contributed by atoms with Crippen LogP contribution in [0.2, 0.25) is 0 Å². The molecule has 3 N–H and O–H groups in total. The van der Waals surface area contributed by atoms with E-state index < -0.39 is 0 Å². The maximum absolute atomic E-state index is 8.88. The Hall–Kier alpha value is -0.800. The lowest BCUT2D eigenvalue weighted by Crippen LogP contribution is -2.30. The molecule has 0 aliphatic rings. The van der Waals surface area contributed by atoms with Gasteiger partial charge in [0.1, 0.15) is 0 Å². The van der Waals surface area contributed by atoms with Gasteiger partial charge in [-0.05, 0) is 18.1 Å². The van der Waals surface area contributed by atoms with Crippen LogP contribution in [0, 0.1) is 0 Å². The van der Waals surface area contributed by atoms with Gasteiger partial charge in [0.15, 0.2) is 0 Å². The molecule has 0 aromatic carbocycles. The van der Waals surface area contributed by atoms with Crippen LogP contribution in [0.4, 0.5) is 0 Å². The second-order valence-corrected chi connectivity index (χ2v) is 2.89. The third kappa shape index (κ3) is 2.68. The number of aliphatic hydroxyl groups is 1. The molecule has 0 amide bonds. The van der Waals surface area contributed by atoms with E-state index in [-0.39, 0.29) is 12.6 Å². The van der Waals surface area contributed by atoms with Crippen LogP contribution >= 0.6 is 0 Å². The molecule has 0 unspecified atom stereocenters. The molecule has 0 radical (unpaired) electrons. The Bertz CT molecular complexity index is 192. The lowest BCUT2D eigenvalue weighted by molar-refractivity contribution is 0.238. The van der Waals surface area contributed by atoms with Gasteiger partial charge in [0.05, 0.1) is 6.61 Å². The predicted octanol–water partition coefficient (Wildman–Crippen LogP) is 0.875. The molecule has 1 aromatic rings. The lowest BCUT2D eigenvalue weighted by atomic mass is 10.2. The fraction of sp³-hybridized carbons (Fsp3) is 0.556. The summed E-state index contributed by atoms with van der Waals surface area (Å²) >= 11 is 0. The van der Waals surface area contributed by atoms with E-state index in [1.165, 1.54) is 5.56 Å². The summed E-state index contributed by atoms with van der Waals surface area (Å²) in [4.78, 5) is 2.99. The maximum Gasteiger partial charge on any atom is 0.0584 e. The van der Waals surface area contributed by atoms with E-state index in [2.05, 4.69) is 17.2 Å². The number of aliphatic hydroxyl groups excluding tert-OH is 1. The highest BCUT2D eigenvalue weighted by Crippen LogP contribution is 1.97. The molecule has 0 saturated heterocycles. The molecule has 1 rings (SSSR count). The smallest absolute Gasteiger partial charge is 0.0584 e. The summed E-state index contributed by atoms with van der Waals surface area (Å²) in [5, 5.41) is 12.1. The Balaban J connectivity index is 2.25. The normalized spacial score (nSPS) is 13.2. The fourth-order valence-electron chi connectivity index (χ4n) is 1.07. The molecule has 68 valence electrons. The Morgan fingerprint density at radius 3 is 3.00 bits per heavy atom. The summed E-state index contributed by atoms with van der Waals surface area (Å²) in [7, 11) is 0. The second kappa shape index (κ2) is 4.95. The van der Waals surface area contributed by atoms with Gasteiger partial charge in [-0.2, -0.15) is 0 Å². The predicted molar refractivity (Wildman–Crippen MR) is 48.8 cm³/mol. The zero-order chi connectivity index (χ0) is 8.81. The van der Waals surface area contributed by atoms with Crippen LogP contribution in [0.15, 0.2) is 18.5 Å². The van der Waals surface area contributed by atoms with Crippen LogP contribution in [0.3, 0.4) is 0 Å². The van der Waals surface area contributed by atoms with Crippen molar-refractivity contribution in [3.05, 3.63) is 24.0 Å². The molecule has 0 bridgehead atoms. The summed E-state index contributed by atoms with van der Waals surface area (Å²) < 4.78 is 0. The first kappa shape index (κ1) is 9.29. The highest BCUT2D eigenvalue weighted by atomic mass is 16.3. The van der Waals surface area contributed by atoms with Gasteiger partial charge in [0.25, 0.3) is 0 Å². The van der Waals surface area contributed by atoms with Crippen molar-refractivity contribution in [3.63, 3.8) is 0 Å². The molecule has 0 fully saturated rings. The molecule has 0 spiro atoms. The Morgan fingerprint density at radius 1 is 1.67 bits per heavy atom. The molecule has 0 aliphatic heterocycles. The minimum Gasteiger partial charge on any atom is -0.395 e. The number of aromatic nitrogens is 1. The van der Waals surface area contributed by atoms with E-state index in [1.54, 1.807) is 0 Å². The van der Waals surface area contributed by atoms with Gasteiger partial charge >= 0.3 is 0 Å². The first-order chi connectivity index (χ1) is 5.86. The Kier molecular flexibility index (Phi) is 3.84. The summed E-state index contributed by atoms with van der Waals surface area (Å²) in [5.74, 6) is 0. The van der Waals surface area contributed by atoms with Crippen molar-refractivity contribution >= 4 is 0 Å². The molecule has 1 heterocycles. The zero-order valence-electron chi connectivity index (χ0n) is 7.38. The van der Waals surface area contributed by atoms with Crippen molar-refractivity contribution in [3.8, 4) is 0 Å². The third-order valence-electron chi connectivity index (χ3n) is 1.97. The largest absolute Gasteiger partial charge is 0.395 e. The number of hydrogen-bond acceptors (Lipinski definition) is 2. The van der Waals surface area contributed by atoms with Gasteiger partial charge in [-0.25, -0.2) is 0 Å².